The Balaban J connectivity index is 2.30. The number of carbonyl (C=O) groups excluding carboxylic acids is 1. The molecule has 23 heavy (non-hydrogen) atoms. The van der Waals surface area contributed by atoms with E-state index in [9.17, 15) is 4.79 Å². The summed E-state index contributed by atoms with van der Waals surface area (Å²) in [6, 6.07) is 1.76. The van der Waals surface area contributed by atoms with Crippen LogP contribution in [-0.4, -0.2) is 12.6 Å². The molecule has 0 radical (unpaired) electrons. The van der Waals surface area contributed by atoms with Crippen LogP contribution in [0.5, 0.6) is 0 Å². The van der Waals surface area contributed by atoms with Gasteiger partial charge in [0, 0.05) is 17.9 Å². The molecule has 0 saturated heterocycles. The molecule has 0 N–H and O–H groups in total. The predicted octanol–water partition coefficient (Wildman–Crippen LogP) is 8.03. The van der Waals surface area contributed by atoms with Crippen molar-refractivity contribution in [1.82, 2.24) is 0 Å². The van der Waals surface area contributed by atoms with Crippen LogP contribution in [0.15, 0.2) is 24.0 Å². The van der Waals surface area contributed by atoms with Crippen LogP contribution in [-0.2, 0) is 4.74 Å². The number of esters is 1. The Morgan fingerprint density at radius 1 is 0.870 bits per heavy atom. The third-order valence-electron chi connectivity index (χ3n) is 3.55. The molecule has 0 fully saturated rings. The first-order valence-corrected chi connectivity index (χ1v) is 11.2. The van der Waals surface area contributed by atoms with Gasteiger partial charge in [-0.25, -0.2) is 4.79 Å². The van der Waals surface area contributed by atoms with Gasteiger partial charge in [0.15, 0.2) is 0 Å². The summed E-state index contributed by atoms with van der Waals surface area (Å²) in [6.07, 6.45) is 9.84. The number of rotatable bonds is 10. The minimum absolute atomic E-state index is 0.297. The maximum atomic E-state index is 12.2. The molecule has 130 valence electrons. The molecule has 0 atom stereocenters. The lowest BCUT2D eigenvalue weighted by molar-refractivity contribution is 0.0496. The van der Waals surface area contributed by atoms with Crippen LogP contribution in [0.4, 0.5) is 0 Å². The largest absolute Gasteiger partial charge is 0.462 e. The van der Waals surface area contributed by atoms with Crippen molar-refractivity contribution >= 4 is 69.7 Å². The molecule has 1 rings (SSSR count). The highest BCUT2D eigenvalue weighted by Crippen LogP contribution is 2.39. The Bertz CT molecular complexity index is 518. The second kappa shape index (κ2) is 12.0. The molecule has 0 saturated carbocycles. The zero-order valence-electron chi connectivity index (χ0n) is 13.3. The summed E-state index contributed by atoms with van der Waals surface area (Å²) in [5, 5.41) is 0. The molecule has 1 aromatic carbocycles. The van der Waals surface area contributed by atoms with Crippen molar-refractivity contribution in [3.05, 3.63) is 29.5 Å². The van der Waals surface area contributed by atoms with Crippen molar-refractivity contribution in [3.8, 4) is 0 Å². The predicted molar refractivity (Wildman–Crippen MR) is 110 cm³/mol. The van der Waals surface area contributed by atoms with Gasteiger partial charge < -0.3 is 4.74 Å². The highest BCUT2D eigenvalue weighted by atomic mass is 79.9. The third kappa shape index (κ3) is 7.57. The zero-order chi connectivity index (χ0) is 17.2. The Kier molecular flexibility index (Phi) is 11.3. The van der Waals surface area contributed by atoms with E-state index in [-0.39, 0.29) is 5.97 Å². The van der Waals surface area contributed by atoms with Gasteiger partial charge in [-0.1, -0.05) is 51.9 Å². The van der Waals surface area contributed by atoms with Crippen molar-refractivity contribution in [1.29, 1.82) is 0 Å². The molecule has 0 amide bonds. The maximum Gasteiger partial charge on any atom is 0.339 e. The van der Waals surface area contributed by atoms with Crippen molar-refractivity contribution in [2.45, 2.75) is 58.3 Å². The average Bonchev–Trinajstić information content (AvgIpc) is 2.54. The Labute approximate surface area is 172 Å². The first kappa shape index (κ1) is 21.7. The lowest BCUT2D eigenvalue weighted by Gasteiger charge is -2.10. The minimum Gasteiger partial charge on any atom is -0.462 e. The van der Waals surface area contributed by atoms with E-state index < -0.39 is 0 Å². The fourth-order valence-corrected chi connectivity index (χ4v) is 4.37. The molecular formula is C17H22Br4O2. The van der Waals surface area contributed by atoms with Crippen LogP contribution in [0.25, 0.3) is 0 Å². The van der Waals surface area contributed by atoms with Gasteiger partial charge in [0.2, 0.25) is 0 Å². The van der Waals surface area contributed by atoms with Gasteiger partial charge in [-0.2, -0.15) is 0 Å². The number of ether oxygens (including phenoxy) is 1. The van der Waals surface area contributed by atoms with Gasteiger partial charge in [-0.05, 0) is 76.2 Å². The van der Waals surface area contributed by atoms with Crippen molar-refractivity contribution in [2.24, 2.45) is 0 Å². The highest BCUT2D eigenvalue weighted by Gasteiger charge is 2.18. The van der Waals surface area contributed by atoms with Gasteiger partial charge in [-0.15, -0.1) is 0 Å². The van der Waals surface area contributed by atoms with Crippen molar-refractivity contribution in [3.63, 3.8) is 0 Å². The summed E-state index contributed by atoms with van der Waals surface area (Å²) in [5.74, 6) is -0.297. The maximum absolute atomic E-state index is 12.2. The van der Waals surface area contributed by atoms with E-state index in [1.165, 1.54) is 38.5 Å². The third-order valence-corrected chi connectivity index (χ3v) is 8.22. The Morgan fingerprint density at radius 2 is 1.43 bits per heavy atom. The summed E-state index contributed by atoms with van der Waals surface area (Å²) in [4.78, 5) is 12.2. The SMILES string of the molecule is CCCCCCCCCCOC(=O)c1cc(Br)c(Br)c(Br)c1Br. The lowest BCUT2D eigenvalue weighted by Crippen LogP contribution is -2.08. The molecule has 0 aliphatic heterocycles. The first-order chi connectivity index (χ1) is 11.0. The van der Waals surface area contributed by atoms with Crippen LogP contribution < -0.4 is 0 Å². The molecule has 0 bridgehead atoms. The van der Waals surface area contributed by atoms with Gasteiger partial charge in [0.05, 0.1) is 12.2 Å². The number of hydrogen-bond donors (Lipinski definition) is 0. The second-order valence-corrected chi connectivity index (χ2v) is 8.69. The van der Waals surface area contributed by atoms with Gasteiger partial charge in [-0.3, -0.25) is 0 Å². The highest BCUT2D eigenvalue weighted by molar-refractivity contribution is 9.15. The number of unbranched alkanes of at least 4 members (excludes halogenated alkanes) is 7. The van der Waals surface area contributed by atoms with E-state index in [4.69, 9.17) is 4.74 Å². The standard InChI is InChI=1S/C17H22Br4O2/c1-2-3-4-5-6-7-8-9-10-23-17(22)12-11-13(18)15(20)16(21)14(12)19/h11H,2-10H2,1H3. The topological polar surface area (TPSA) is 26.3 Å². The van der Waals surface area contributed by atoms with Crippen LogP contribution in [0, 0.1) is 0 Å². The molecule has 0 unspecified atom stereocenters. The molecule has 0 spiro atoms. The lowest BCUT2D eigenvalue weighted by atomic mass is 10.1. The Morgan fingerprint density at radius 3 is 2.04 bits per heavy atom. The van der Waals surface area contributed by atoms with Gasteiger partial charge in [0.1, 0.15) is 0 Å². The number of carbonyl (C=O) groups is 1. The van der Waals surface area contributed by atoms with Crippen LogP contribution >= 0.6 is 63.7 Å². The van der Waals surface area contributed by atoms with E-state index in [1.54, 1.807) is 6.07 Å². The van der Waals surface area contributed by atoms with E-state index in [0.29, 0.717) is 16.6 Å². The van der Waals surface area contributed by atoms with Crippen LogP contribution in [0.2, 0.25) is 0 Å². The molecule has 1 aromatic rings. The quantitative estimate of drug-likeness (QED) is 0.122. The summed E-state index contributed by atoms with van der Waals surface area (Å²) in [6.45, 7) is 2.71. The zero-order valence-corrected chi connectivity index (χ0v) is 19.6. The monoisotopic (exact) mass is 574 g/mol. The number of halogens is 4. The van der Waals surface area contributed by atoms with E-state index in [1.807, 2.05) is 0 Å². The van der Waals surface area contributed by atoms with E-state index in [0.717, 1.165) is 26.3 Å². The molecule has 0 aromatic heterocycles. The van der Waals surface area contributed by atoms with E-state index >= 15 is 0 Å². The smallest absolute Gasteiger partial charge is 0.339 e. The molecule has 0 aliphatic carbocycles. The summed E-state index contributed by atoms with van der Waals surface area (Å²) < 4.78 is 8.55. The minimum atomic E-state index is -0.297. The van der Waals surface area contributed by atoms with Crippen LogP contribution in [0.3, 0.4) is 0 Å². The normalized spacial score (nSPS) is 10.8. The molecule has 0 heterocycles. The number of hydrogen-bond acceptors (Lipinski definition) is 2. The summed E-state index contributed by atoms with van der Waals surface area (Å²) >= 11 is 13.7. The van der Waals surface area contributed by atoms with Crippen LogP contribution in [0.1, 0.15) is 68.6 Å². The molecule has 2 nitrogen and oxygen atoms in total. The summed E-state index contributed by atoms with van der Waals surface area (Å²) in [7, 11) is 0. The first-order valence-electron chi connectivity index (χ1n) is 7.99. The fourth-order valence-electron chi connectivity index (χ4n) is 2.20. The number of benzene rings is 1. The molecule has 6 heteroatoms. The molecule has 0 aliphatic rings. The fraction of sp³-hybridized carbons (Fsp3) is 0.588. The second-order valence-electron chi connectivity index (χ2n) is 5.46. The Hall–Kier alpha value is 0.610. The van der Waals surface area contributed by atoms with Crippen molar-refractivity contribution in [2.75, 3.05) is 6.61 Å². The van der Waals surface area contributed by atoms with E-state index in [2.05, 4.69) is 70.6 Å². The summed E-state index contributed by atoms with van der Waals surface area (Å²) in [5.41, 5.74) is 0.520. The average molecular weight is 578 g/mol. The molecular weight excluding hydrogens is 556 g/mol. The van der Waals surface area contributed by atoms with Crippen molar-refractivity contribution < 1.29 is 9.53 Å². The van der Waals surface area contributed by atoms with Gasteiger partial charge in [0.25, 0.3) is 0 Å². The van der Waals surface area contributed by atoms with Gasteiger partial charge >= 0.3 is 5.97 Å².